The van der Waals surface area contributed by atoms with Gasteiger partial charge < -0.3 is 5.32 Å². The number of hydrogen-bond donors (Lipinski definition) is 1. The Balaban J connectivity index is 1.50. The van der Waals surface area contributed by atoms with Gasteiger partial charge in [0.2, 0.25) is 0 Å². The molecule has 0 radical (unpaired) electrons. The van der Waals surface area contributed by atoms with Crippen molar-refractivity contribution in [2.75, 3.05) is 13.1 Å². The Labute approximate surface area is 113 Å². The molecule has 2 nitrogen and oxygen atoms in total. The second-order valence-corrected chi connectivity index (χ2v) is 6.91. The molecule has 1 aliphatic heterocycles. The van der Waals surface area contributed by atoms with Gasteiger partial charge in [0.25, 0.3) is 0 Å². The van der Waals surface area contributed by atoms with Crippen molar-refractivity contribution in [1.82, 2.24) is 10.2 Å². The summed E-state index contributed by atoms with van der Waals surface area (Å²) in [6.45, 7) is 5.16. The van der Waals surface area contributed by atoms with Crippen molar-refractivity contribution in [3.8, 4) is 0 Å². The summed E-state index contributed by atoms with van der Waals surface area (Å²) in [6, 6.07) is 2.49. The first-order valence-electron chi connectivity index (χ1n) is 8.33. The Morgan fingerprint density at radius 3 is 2.39 bits per heavy atom. The predicted octanol–water partition coefficient (Wildman–Crippen LogP) is 3.17. The average Bonchev–Trinajstić information content (AvgIpc) is 3.23. The molecule has 1 N–H and O–H groups in total. The Morgan fingerprint density at radius 2 is 1.67 bits per heavy atom. The fourth-order valence-electron chi connectivity index (χ4n) is 4.01. The number of likely N-dealkylation sites (tertiary alicyclic amines) is 1. The summed E-state index contributed by atoms with van der Waals surface area (Å²) in [4.78, 5) is 2.79. The molecule has 0 aromatic heterocycles. The maximum atomic E-state index is 3.84. The van der Waals surface area contributed by atoms with Crippen LogP contribution in [0.3, 0.4) is 0 Å². The number of nitrogens with zero attached hydrogens (tertiary/aromatic N) is 1. The van der Waals surface area contributed by atoms with Crippen LogP contribution in [0.25, 0.3) is 0 Å². The molecule has 3 aliphatic rings. The van der Waals surface area contributed by atoms with Crippen molar-refractivity contribution in [1.29, 1.82) is 0 Å². The Kier molecular flexibility index (Phi) is 4.25. The van der Waals surface area contributed by atoms with Gasteiger partial charge in [-0.25, -0.2) is 0 Å². The van der Waals surface area contributed by atoms with Crippen LogP contribution in [0.1, 0.15) is 64.7 Å². The largest absolute Gasteiger partial charge is 0.310 e. The quantitative estimate of drug-likeness (QED) is 0.824. The first-order valence-corrected chi connectivity index (χ1v) is 8.33. The van der Waals surface area contributed by atoms with Gasteiger partial charge in [-0.2, -0.15) is 0 Å². The average molecular weight is 250 g/mol. The molecule has 2 aliphatic carbocycles. The van der Waals surface area contributed by atoms with E-state index < -0.39 is 0 Å². The number of piperidine rings is 1. The highest BCUT2D eigenvalue weighted by molar-refractivity contribution is 4.90. The summed E-state index contributed by atoms with van der Waals surface area (Å²) >= 11 is 0. The van der Waals surface area contributed by atoms with E-state index in [0.29, 0.717) is 0 Å². The zero-order valence-corrected chi connectivity index (χ0v) is 12.0. The summed E-state index contributed by atoms with van der Waals surface area (Å²) in [5, 5.41) is 3.84. The molecule has 2 unspecified atom stereocenters. The Morgan fingerprint density at radius 1 is 0.889 bits per heavy atom. The van der Waals surface area contributed by atoms with Crippen molar-refractivity contribution in [2.24, 2.45) is 5.92 Å². The molecule has 3 fully saturated rings. The van der Waals surface area contributed by atoms with Gasteiger partial charge >= 0.3 is 0 Å². The second kappa shape index (κ2) is 5.92. The van der Waals surface area contributed by atoms with E-state index in [2.05, 4.69) is 17.1 Å². The van der Waals surface area contributed by atoms with Crippen LogP contribution in [0.5, 0.6) is 0 Å². The first kappa shape index (κ1) is 12.9. The molecule has 2 atom stereocenters. The van der Waals surface area contributed by atoms with Crippen LogP contribution in [0.4, 0.5) is 0 Å². The van der Waals surface area contributed by atoms with Crippen LogP contribution in [0.15, 0.2) is 0 Å². The summed E-state index contributed by atoms with van der Waals surface area (Å²) < 4.78 is 0. The normalized spacial score (nSPS) is 33.5. The molecule has 0 amide bonds. The van der Waals surface area contributed by atoms with E-state index in [-0.39, 0.29) is 0 Å². The third kappa shape index (κ3) is 3.27. The third-order valence-electron chi connectivity index (χ3n) is 5.41. The highest BCUT2D eigenvalue weighted by Gasteiger charge is 2.31. The van der Waals surface area contributed by atoms with E-state index in [1.54, 1.807) is 0 Å². The van der Waals surface area contributed by atoms with Crippen molar-refractivity contribution in [3.63, 3.8) is 0 Å². The molecule has 0 aromatic rings. The van der Waals surface area contributed by atoms with Gasteiger partial charge in [0, 0.05) is 24.7 Å². The molecule has 1 saturated heterocycles. The van der Waals surface area contributed by atoms with E-state index in [0.717, 1.165) is 24.0 Å². The molecular formula is C16H30N2. The van der Waals surface area contributed by atoms with Gasteiger partial charge in [-0.1, -0.05) is 19.3 Å². The summed E-state index contributed by atoms with van der Waals surface area (Å²) in [6.07, 6.45) is 13.1. The minimum Gasteiger partial charge on any atom is -0.310 e. The zero-order chi connectivity index (χ0) is 12.4. The van der Waals surface area contributed by atoms with Crippen LogP contribution in [-0.4, -0.2) is 36.1 Å². The summed E-state index contributed by atoms with van der Waals surface area (Å²) in [7, 11) is 0. The predicted molar refractivity (Wildman–Crippen MR) is 76.8 cm³/mol. The minimum atomic E-state index is 0.789. The summed E-state index contributed by atoms with van der Waals surface area (Å²) in [5.74, 6) is 0.985. The highest BCUT2D eigenvalue weighted by atomic mass is 15.2. The molecule has 104 valence electrons. The molecule has 2 saturated carbocycles. The molecule has 18 heavy (non-hydrogen) atoms. The number of nitrogens with one attached hydrogen (secondary N) is 1. The van der Waals surface area contributed by atoms with Crippen LogP contribution >= 0.6 is 0 Å². The Hall–Kier alpha value is -0.0800. The third-order valence-corrected chi connectivity index (χ3v) is 5.41. The van der Waals surface area contributed by atoms with Crippen molar-refractivity contribution in [2.45, 2.75) is 82.8 Å². The maximum absolute atomic E-state index is 3.84. The molecule has 0 bridgehead atoms. The van der Waals surface area contributed by atoms with Gasteiger partial charge in [0.05, 0.1) is 0 Å². The fraction of sp³-hybridized carbons (Fsp3) is 1.00. The van der Waals surface area contributed by atoms with Crippen molar-refractivity contribution >= 4 is 0 Å². The number of rotatable bonds is 4. The first-order chi connectivity index (χ1) is 8.83. The molecule has 2 heteroatoms. The Bertz CT molecular complexity index is 256. The lowest BCUT2D eigenvalue weighted by Gasteiger charge is -2.41. The monoisotopic (exact) mass is 250 g/mol. The lowest BCUT2D eigenvalue weighted by molar-refractivity contribution is 0.0919. The van der Waals surface area contributed by atoms with Crippen molar-refractivity contribution < 1.29 is 0 Å². The lowest BCUT2D eigenvalue weighted by Crippen LogP contribution is -2.51. The standard InChI is InChI=1S/C16H30N2/c1-13(14-6-3-2-4-7-14)18-11-5-8-16(12-18)17-15-9-10-15/h13-17H,2-12H2,1H3. The van der Waals surface area contributed by atoms with Gasteiger partial charge in [0.15, 0.2) is 0 Å². The smallest absolute Gasteiger partial charge is 0.0198 e. The zero-order valence-electron chi connectivity index (χ0n) is 12.0. The van der Waals surface area contributed by atoms with Crippen LogP contribution in [-0.2, 0) is 0 Å². The van der Waals surface area contributed by atoms with Crippen molar-refractivity contribution in [3.05, 3.63) is 0 Å². The van der Waals surface area contributed by atoms with E-state index in [1.807, 2.05) is 0 Å². The SMILES string of the molecule is CC(C1CCCCC1)N1CCCC(NC2CC2)C1. The van der Waals surface area contributed by atoms with Crippen LogP contribution < -0.4 is 5.32 Å². The van der Waals surface area contributed by atoms with Gasteiger partial charge in [-0.05, 0) is 57.9 Å². The van der Waals surface area contributed by atoms with Gasteiger partial charge in [0.1, 0.15) is 0 Å². The van der Waals surface area contributed by atoms with Crippen LogP contribution in [0.2, 0.25) is 0 Å². The topological polar surface area (TPSA) is 15.3 Å². The molecule has 0 aromatic carbocycles. The van der Waals surface area contributed by atoms with E-state index >= 15 is 0 Å². The maximum Gasteiger partial charge on any atom is 0.0198 e. The fourth-order valence-corrected chi connectivity index (χ4v) is 4.01. The van der Waals surface area contributed by atoms with Gasteiger partial charge in [-0.3, -0.25) is 4.90 Å². The minimum absolute atomic E-state index is 0.789. The molecular weight excluding hydrogens is 220 g/mol. The van der Waals surface area contributed by atoms with Gasteiger partial charge in [-0.15, -0.1) is 0 Å². The second-order valence-electron chi connectivity index (χ2n) is 6.91. The van der Waals surface area contributed by atoms with E-state index in [4.69, 9.17) is 0 Å². The van der Waals surface area contributed by atoms with Crippen LogP contribution in [0, 0.1) is 5.92 Å². The lowest BCUT2D eigenvalue weighted by atomic mass is 9.83. The number of hydrogen-bond acceptors (Lipinski definition) is 2. The molecule has 3 rings (SSSR count). The molecule has 0 spiro atoms. The highest BCUT2D eigenvalue weighted by Crippen LogP contribution is 2.30. The summed E-state index contributed by atoms with van der Waals surface area (Å²) in [5.41, 5.74) is 0. The molecule has 1 heterocycles. The van der Waals surface area contributed by atoms with E-state index in [1.165, 1.54) is 70.9 Å². The van der Waals surface area contributed by atoms with E-state index in [9.17, 15) is 0 Å².